The van der Waals surface area contributed by atoms with E-state index in [1.54, 1.807) is 18.7 Å². The Hall–Kier alpha value is -0.250. The Kier molecular flexibility index (Phi) is 10.0. The molecule has 0 aliphatic carbocycles. The molecule has 2 atom stereocenters. The highest BCUT2D eigenvalue weighted by Gasteiger charge is 2.14. The highest BCUT2D eigenvalue weighted by Crippen LogP contribution is 2.03. The van der Waals surface area contributed by atoms with Crippen molar-refractivity contribution in [3.63, 3.8) is 0 Å². The molecule has 0 saturated heterocycles. The maximum atomic E-state index is 9.18. The average molecular weight is 259 g/mol. The molecule has 0 heterocycles. The number of unbranched alkanes of at least 4 members (excludes halogenated alkanes) is 1. The van der Waals surface area contributed by atoms with Crippen LogP contribution in [0.15, 0.2) is 0 Å². The zero-order valence-electron chi connectivity index (χ0n) is 9.74. The van der Waals surface area contributed by atoms with Gasteiger partial charge in [0, 0.05) is 6.54 Å². The molecule has 8 heteroatoms. The molecule has 7 nitrogen and oxygen atoms in total. The molecular formula is C8H21NO6S. The second-order valence-electron chi connectivity index (χ2n) is 3.30. The van der Waals surface area contributed by atoms with Gasteiger partial charge in [0.05, 0.1) is 0 Å². The SMILES string of the molecule is CCCCN(C(C)O)C(C)O.O=S(=O)(O)O. The lowest BCUT2D eigenvalue weighted by molar-refractivity contribution is -0.0842. The Balaban J connectivity index is 0. The van der Waals surface area contributed by atoms with E-state index in [1.165, 1.54) is 0 Å². The van der Waals surface area contributed by atoms with Gasteiger partial charge in [0.15, 0.2) is 0 Å². The van der Waals surface area contributed by atoms with Gasteiger partial charge in [0.2, 0.25) is 0 Å². The van der Waals surface area contributed by atoms with Gasteiger partial charge in [-0.05, 0) is 20.3 Å². The third-order valence-corrected chi connectivity index (χ3v) is 1.73. The van der Waals surface area contributed by atoms with Crippen LogP contribution >= 0.6 is 0 Å². The first-order valence-electron chi connectivity index (χ1n) is 4.91. The van der Waals surface area contributed by atoms with Crippen LogP contribution in [0.5, 0.6) is 0 Å². The van der Waals surface area contributed by atoms with E-state index >= 15 is 0 Å². The summed E-state index contributed by atoms with van der Waals surface area (Å²) in [5.74, 6) is 0. The number of rotatable bonds is 5. The number of hydrogen-bond donors (Lipinski definition) is 4. The predicted octanol–water partition coefficient (Wildman–Crippen LogP) is 0.112. The summed E-state index contributed by atoms with van der Waals surface area (Å²) in [6.45, 7) is 6.18. The van der Waals surface area contributed by atoms with Crippen molar-refractivity contribution in [2.75, 3.05) is 6.54 Å². The standard InChI is InChI=1S/C8H19NO2.H2O4S/c1-4-5-6-9(7(2)10)8(3)11;1-5(2,3)4/h7-8,10-11H,4-6H2,1-3H3;(H2,1,2,3,4). The molecule has 0 rings (SSSR count). The molecule has 0 aromatic rings. The van der Waals surface area contributed by atoms with Crippen LogP contribution in [0.3, 0.4) is 0 Å². The van der Waals surface area contributed by atoms with E-state index in [-0.39, 0.29) is 0 Å². The minimum absolute atomic E-state index is 0.554. The van der Waals surface area contributed by atoms with Crippen LogP contribution in [-0.2, 0) is 10.4 Å². The summed E-state index contributed by atoms with van der Waals surface area (Å²) in [6, 6.07) is 0. The van der Waals surface area contributed by atoms with Crippen molar-refractivity contribution >= 4 is 10.4 Å². The molecule has 0 aliphatic heterocycles. The van der Waals surface area contributed by atoms with Gasteiger partial charge in [-0.3, -0.25) is 14.0 Å². The lowest BCUT2D eigenvalue weighted by Gasteiger charge is -2.27. The maximum Gasteiger partial charge on any atom is 0.394 e. The zero-order valence-corrected chi connectivity index (χ0v) is 10.6. The van der Waals surface area contributed by atoms with E-state index in [2.05, 4.69) is 6.92 Å². The number of aliphatic hydroxyl groups is 2. The molecule has 100 valence electrons. The van der Waals surface area contributed by atoms with E-state index in [1.807, 2.05) is 0 Å². The largest absolute Gasteiger partial charge is 0.394 e. The molecule has 0 aliphatic rings. The molecule has 0 bridgehead atoms. The fourth-order valence-electron chi connectivity index (χ4n) is 1.03. The topological polar surface area (TPSA) is 118 Å². The second-order valence-corrected chi connectivity index (χ2v) is 4.20. The summed E-state index contributed by atoms with van der Waals surface area (Å²) in [5.41, 5.74) is 0. The monoisotopic (exact) mass is 259 g/mol. The van der Waals surface area contributed by atoms with Crippen molar-refractivity contribution in [3.8, 4) is 0 Å². The van der Waals surface area contributed by atoms with E-state index in [0.29, 0.717) is 0 Å². The highest BCUT2D eigenvalue weighted by molar-refractivity contribution is 7.79. The first kappa shape index (κ1) is 18.1. The van der Waals surface area contributed by atoms with Crippen LogP contribution in [0.25, 0.3) is 0 Å². The lowest BCUT2D eigenvalue weighted by atomic mass is 10.3. The number of nitrogens with zero attached hydrogens (tertiary/aromatic N) is 1. The first-order valence-corrected chi connectivity index (χ1v) is 6.31. The van der Waals surface area contributed by atoms with Gasteiger partial charge in [-0.1, -0.05) is 13.3 Å². The van der Waals surface area contributed by atoms with Crippen LogP contribution in [0.4, 0.5) is 0 Å². The Morgan fingerprint density at radius 2 is 1.44 bits per heavy atom. The van der Waals surface area contributed by atoms with Crippen molar-refractivity contribution in [2.45, 2.75) is 46.1 Å². The molecule has 0 aromatic carbocycles. The maximum absolute atomic E-state index is 9.18. The van der Waals surface area contributed by atoms with Gasteiger partial charge in [-0.15, -0.1) is 0 Å². The molecule has 0 amide bonds. The fourth-order valence-corrected chi connectivity index (χ4v) is 1.03. The molecule has 0 radical (unpaired) electrons. The molecule has 0 spiro atoms. The van der Waals surface area contributed by atoms with Gasteiger partial charge in [-0.2, -0.15) is 8.42 Å². The minimum Gasteiger partial charge on any atom is -0.379 e. The van der Waals surface area contributed by atoms with Crippen molar-refractivity contribution in [1.82, 2.24) is 4.90 Å². The van der Waals surface area contributed by atoms with Gasteiger partial charge in [0.25, 0.3) is 0 Å². The van der Waals surface area contributed by atoms with Crippen molar-refractivity contribution < 1.29 is 27.7 Å². The Morgan fingerprint density at radius 3 is 1.62 bits per heavy atom. The molecule has 2 unspecified atom stereocenters. The highest BCUT2D eigenvalue weighted by atomic mass is 32.3. The van der Waals surface area contributed by atoms with E-state index in [9.17, 15) is 10.2 Å². The van der Waals surface area contributed by atoms with Crippen molar-refractivity contribution in [1.29, 1.82) is 0 Å². The first-order chi connectivity index (χ1) is 7.09. The average Bonchev–Trinajstić information content (AvgIpc) is 2.00. The van der Waals surface area contributed by atoms with Gasteiger partial charge >= 0.3 is 10.4 Å². The molecule has 4 N–H and O–H groups in total. The molecule has 16 heavy (non-hydrogen) atoms. The lowest BCUT2D eigenvalue weighted by Crippen LogP contribution is -2.40. The summed E-state index contributed by atoms with van der Waals surface area (Å²) in [4.78, 5) is 1.66. The number of aliphatic hydroxyl groups excluding tert-OH is 2. The summed E-state index contributed by atoms with van der Waals surface area (Å²) >= 11 is 0. The third kappa shape index (κ3) is 16.2. The van der Waals surface area contributed by atoms with Gasteiger partial charge in [0.1, 0.15) is 12.5 Å². The minimum atomic E-state index is -4.67. The molecule has 0 fully saturated rings. The predicted molar refractivity (Wildman–Crippen MR) is 59.2 cm³/mol. The summed E-state index contributed by atoms with van der Waals surface area (Å²) < 4.78 is 31.6. The summed E-state index contributed by atoms with van der Waals surface area (Å²) in [6.07, 6.45) is 0.981. The summed E-state index contributed by atoms with van der Waals surface area (Å²) in [7, 11) is -4.67. The van der Waals surface area contributed by atoms with E-state index in [0.717, 1.165) is 19.4 Å². The van der Waals surface area contributed by atoms with Crippen LogP contribution in [-0.4, -0.2) is 51.6 Å². The Bertz CT molecular complexity index is 235. The van der Waals surface area contributed by atoms with Crippen LogP contribution in [0, 0.1) is 0 Å². The molecular weight excluding hydrogens is 238 g/mol. The third-order valence-electron chi connectivity index (χ3n) is 1.73. The van der Waals surface area contributed by atoms with Crippen molar-refractivity contribution in [3.05, 3.63) is 0 Å². The molecule has 0 saturated carbocycles. The smallest absolute Gasteiger partial charge is 0.379 e. The Labute approximate surface area is 96.3 Å². The van der Waals surface area contributed by atoms with Gasteiger partial charge < -0.3 is 10.2 Å². The zero-order chi connectivity index (χ0) is 13.4. The second kappa shape index (κ2) is 8.85. The van der Waals surface area contributed by atoms with Crippen LogP contribution in [0.2, 0.25) is 0 Å². The van der Waals surface area contributed by atoms with E-state index in [4.69, 9.17) is 17.5 Å². The van der Waals surface area contributed by atoms with Crippen LogP contribution < -0.4 is 0 Å². The van der Waals surface area contributed by atoms with Gasteiger partial charge in [-0.25, -0.2) is 0 Å². The quantitative estimate of drug-likeness (QED) is 0.409. The van der Waals surface area contributed by atoms with E-state index < -0.39 is 22.9 Å². The summed E-state index contributed by atoms with van der Waals surface area (Å²) in [5, 5.41) is 18.4. The van der Waals surface area contributed by atoms with Crippen LogP contribution in [0.1, 0.15) is 33.6 Å². The number of hydrogen-bond acceptors (Lipinski definition) is 5. The fraction of sp³-hybridized carbons (Fsp3) is 1.00. The van der Waals surface area contributed by atoms with Crippen molar-refractivity contribution in [2.24, 2.45) is 0 Å². The molecule has 0 aromatic heterocycles. The Morgan fingerprint density at radius 1 is 1.12 bits per heavy atom. The normalized spacial score (nSPS) is 15.2.